The minimum absolute atomic E-state index is 0.0860. The molecule has 1 aromatic carbocycles. The summed E-state index contributed by atoms with van der Waals surface area (Å²) in [6.45, 7) is 1.83. The zero-order valence-electron chi connectivity index (χ0n) is 7.77. The summed E-state index contributed by atoms with van der Waals surface area (Å²) in [4.78, 5) is 10.9. The molecule has 0 atom stereocenters. The van der Waals surface area contributed by atoms with E-state index in [0.717, 1.165) is 12.1 Å². The quantitative estimate of drug-likeness (QED) is 0.673. The van der Waals surface area contributed by atoms with Crippen molar-refractivity contribution < 1.29 is 18.0 Å². The highest BCUT2D eigenvalue weighted by molar-refractivity contribution is 5.94. The molecule has 0 N–H and O–H groups in total. The fourth-order valence-corrected chi connectivity index (χ4v) is 1.08. The van der Waals surface area contributed by atoms with Gasteiger partial charge in [0.15, 0.2) is 5.78 Å². The van der Waals surface area contributed by atoms with Crippen LogP contribution in [0.4, 0.5) is 13.2 Å². The molecule has 1 rings (SSSR count). The van der Waals surface area contributed by atoms with Crippen LogP contribution in [0.1, 0.15) is 29.8 Å². The van der Waals surface area contributed by atoms with Crippen LogP contribution in [-0.4, -0.2) is 5.78 Å². The van der Waals surface area contributed by atoms with Gasteiger partial charge in [0.1, 0.15) is 5.82 Å². The number of carbonyl (C=O) groups is 1. The lowest BCUT2D eigenvalue weighted by Gasteiger charge is -2.12. The lowest BCUT2D eigenvalue weighted by Crippen LogP contribution is -2.11. The standard InChI is InChI=1S/C10H9F3O/c1-6(14)7-3-4-9(11)8(5-7)10(2,12)13/h3-5H,1-2H3. The maximum absolute atomic E-state index is 12.9. The SMILES string of the molecule is CC(=O)c1ccc(F)c(C(C)(F)F)c1. The summed E-state index contributed by atoms with van der Waals surface area (Å²) in [5.41, 5.74) is -0.659. The lowest BCUT2D eigenvalue weighted by atomic mass is 10.0. The van der Waals surface area contributed by atoms with Crippen LogP contribution in [0.15, 0.2) is 18.2 Å². The molecule has 0 aliphatic carbocycles. The second-order valence-corrected chi connectivity index (χ2v) is 3.14. The smallest absolute Gasteiger partial charge is 0.273 e. The van der Waals surface area contributed by atoms with Gasteiger partial charge in [-0.2, -0.15) is 0 Å². The number of halogens is 3. The van der Waals surface area contributed by atoms with Gasteiger partial charge in [-0.15, -0.1) is 0 Å². The number of benzene rings is 1. The molecule has 0 heterocycles. The number of alkyl halides is 2. The Bertz CT molecular complexity index is 366. The normalized spacial score (nSPS) is 11.5. The molecule has 0 aromatic heterocycles. The zero-order valence-corrected chi connectivity index (χ0v) is 7.77. The third-order valence-electron chi connectivity index (χ3n) is 1.85. The summed E-state index contributed by atoms with van der Waals surface area (Å²) >= 11 is 0. The predicted octanol–water partition coefficient (Wildman–Crippen LogP) is 3.14. The fourth-order valence-electron chi connectivity index (χ4n) is 1.08. The first-order valence-electron chi connectivity index (χ1n) is 4.01. The molecule has 0 bridgehead atoms. The van der Waals surface area contributed by atoms with E-state index in [1.807, 2.05) is 0 Å². The van der Waals surface area contributed by atoms with Gasteiger partial charge in [-0.25, -0.2) is 13.2 Å². The van der Waals surface area contributed by atoms with Gasteiger partial charge in [0, 0.05) is 12.5 Å². The second kappa shape index (κ2) is 3.44. The molecule has 4 heteroatoms. The number of ketones is 1. The summed E-state index contributed by atoms with van der Waals surface area (Å²) in [5.74, 6) is -4.63. The van der Waals surface area contributed by atoms with Crippen LogP contribution < -0.4 is 0 Å². The van der Waals surface area contributed by atoms with Gasteiger partial charge >= 0.3 is 0 Å². The molecule has 0 saturated heterocycles. The van der Waals surface area contributed by atoms with E-state index < -0.39 is 17.3 Å². The summed E-state index contributed by atoms with van der Waals surface area (Å²) in [6, 6.07) is 2.95. The van der Waals surface area contributed by atoms with Crippen LogP contribution in [0.25, 0.3) is 0 Å². The first-order valence-corrected chi connectivity index (χ1v) is 4.01. The number of carbonyl (C=O) groups excluding carboxylic acids is 1. The molecule has 0 unspecified atom stereocenters. The second-order valence-electron chi connectivity index (χ2n) is 3.14. The molecule has 0 aliphatic heterocycles. The first-order chi connectivity index (χ1) is 6.32. The molecule has 0 radical (unpaired) electrons. The average Bonchev–Trinajstić information content (AvgIpc) is 2.02. The number of hydrogen-bond donors (Lipinski definition) is 0. The Morgan fingerprint density at radius 1 is 1.36 bits per heavy atom. The highest BCUT2D eigenvalue weighted by Crippen LogP contribution is 2.29. The predicted molar refractivity (Wildman–Crippen MR) is 46.0 cm³/mol. The summed E-state index contributed by atoms with van der Waals surface area (Å²) < 4.78 is 38.6. The number of rotatable bonds is 2. The molecular formula is C10H9F3O. The maximum atomic E-state index is 12.9. The highest BCUT2D eigenvalue weighted by Gasteiger charge is 2.28. The molecular weight excluding hydrogens is 193 g/mol. The summed E-state index contributed by atoms with van der Waals surface area (Å²) in [7, 11) is 0. The third-order valence-corrected chi connectivity index (χ3v) is 1.85. The molecule has 14 heavy (non-hydrogen) atoms. The Balaban J connectivity index is 3.29. The van der Waals surface area contributed by atoms with E-state index in [2.05, 4.69) is 0 Å². The summed E-state index contributed by atoms with van der Waals surface area (Å²) in [5, 5.41) is 0. The Hall–Kier alpha value is -1.32. The molecule has 0 fully saturated rings. The molecule has 1 aromatic rings. The van der Waals surface area contributed by atoms with Crippen LogP contribution >= 0.6 is 0 Å². The van der Waals surface area contributed by atoms with E-state index in [1.165, 1.54) is 13.0 Å². The Morgan fingerprint density at radius 2 is 1.93 bits per heavy atom. The van der Waals surface area contributed by atoms with E-state index in [9.17, 15) is 18.0 Å². The van der Waals surface area contributed by atoms with Crippen molar-refractivity contribution in [1.82, 2.24) is 0 Å². The molecule has 76 valence electrons. The maximum Gasteiger partial charge on any atom is 0.273 e. The van der Waals surface area contributed by atoms with E-state index in [-0.39, 0.29) is 11.3 Å². The van der Waals surface area contributed by atoms with Gasteiger partial charge < -0.3 is 0 Å². The number of hydrogen-bond acceptors (Lipinski definition) is 1. The highest BCUT2D eigenvalue weighted by atomic mass is 19.3. The first kappa shape index (κ1) is 10.8. The van der Waals surface area contributed by atoms with Crippen molar-refractivity contribution in [3.63, 3.8) is 0 Å². The van der Waals surface area contributed by atoms with Gasteiger partial charge in [0.2, 0.25) is 0 Å². The molecule has 0 saturated carbocycles. The molecule has 0 spiro atoms. The van der Waals surface area contributed by atoms with Crippen molar-refractivity contribution in [2.45, 2.75) is 19.8 Å². The van der Waals surface area contributed by atoms with Crippen LogP contribution in [-0.2, 0) is 5.92 Å². The van der Waals surface area contributed by atoms with Crippen molar-refractivity contribution in [2.75, 3.05) is 0 Å². The van der Waals surface area contributed by atoms with Crippen LogP contribution in [0.3, 0.4) is 0 Å². The van der Waals surface area contributed by atoms with Crippen LogP contribution in [0.2, 0.25) is 0 Å². The van der Waals surface area contributed by atoms with Gasteiger partial charge in [0.25, 0.3) is 5.92 Å². The van der Waals surface area contributed by atoms with E-state index in [1.54, 1.807) is 0 Å². The largest absolute Gasteiger partial charge is 0.295 e. The minimum Gasteiger partial charge on any atom is -0.295 e. The van der Waals surface area contributed by atoms with Crippen molar-refractivity contribution in [3.8, 4) is 0 Å². The van der Waals surface area contributed by atoms with Crippen molar-refractivity contribution in [3.05, 3.63) is 35.1 Å². The average molecular weight is 202 g/mol. The molecule has 0 aliphatic rings. The Morgan fingerprint density at radius 3 is 2.36 bits per heavy atom. The topological polar surface area (TPSA) is 17.1 Å². The molecule has 0 amide bonds. The van der Waals surface area contributed by atoms with Crippen LogP contribution in [0, 0.1) is 5.82 Å². The van der Waals surface area contributed by atoms with Crippen LogP contribution in [0.5, 0.6) is 0 Å². The Labute approximate surface area is 79.5 Å². The third kappa shape index (κ3) is 2.13. The lowest BCUT2D eigenvalue weighted by molar-refractivity contribution is 0.0137. The fraction of sp³-hybridized carbons (Fsp3) is 0.300. The van der Waals surface area contributed by atoms with Crippen molar-refractivity contribution in [2.24, 2.45) is 0 Å². The van der Waals surface area contributed by atoms with E-state index in [0.29, 0.717) is 6.92 Å². The van der Waals surface area contributed by atoms with Gasteiger partial charge in [-0.3, -0.25) is 4.79 Å². The van der Waals surface area contributed by atoms with E-state index >= 15 is 0 Å². The molecule has 1 nitrogen and oxygen atoms in total. The minimum atomic E-state index is -3.27. The summed E-state index contributed by atoms with van der Waals surface area (Å²) in [6.07, 6.45) is 0. The van der Waals surface area contributed by atoms with E-state index in [4.69, 9.17) is 0 Å². The number of Topliss-reactive ketones (excluding diaryl/α,β-unsaturated/α-hetero) is 1. The Kier molecular flexibility index (Phi) is 2.64. The van der Waals surface area contributed by atoms with Gasteiger partial charge in [0.05, 0.1) is 5.56 Å². The van der Waals surface area contributed by atoms with Gasteiger partial charge in [-0.1, -0.05) is 0 Å². The van der Waals surface area contributed by atoms with Crippen molar-refractivity contribution in [1.29, 1.82) is 0 Å². The van der Waals surface area contributed by atoms with Crippen molar-refractivity contribution >= 4 is 5.78 Å². The monoisotopic (exact) mass is 202 g/mol. The zero-order chi connectivity index (χ0) is 10.9. The van der Waals surface area contributed by atoms with Gasteiger partial charge in [-0.05, 0) is 25.1 Å².